The molecule has 1 saturated heterocycles. The van der Waals surface area contributed by atoms with E-state index in [0.717, 1.165) is 38.3 Å². The van der Waals surface area contributed by atoms with E-state index in [2.05, 4.69) is 36.1 Å². The number of aryl methyl sites for hydroxylation is 1. The molecule has 0 aromatic heterocycles. The lowest BCUT2D eigenvalue weighted by Crippen LogP contribution is -2.47. The molecular formula is C17H24N2O. The van der Waals surface area contributed by atoms with Crippen molar-refractivity contribution in [3.63, 3.8) is 0 Å². The van der Waals surface area contributed by atoms with E-state index in [0.29, 0.717) is 0 Å². The van der Waals surface area contributed by atoms with Gasteiger partial charge in [0.15, 0.2) is 0 Å². The van der Waals surface area contributed by atoms with Crippen LogP contribution in [0.25, 0.3) is 0 Å². The molecule has 1 aliphatic rings. The molecule has 0 atom stereocenters. The van der Waals surface area contributed by atoms with Crippen molar-refractivity contribution in [3.05, 3.63) is 47.0 Å². The number of amides is 1. The average Bonchev–Trinajstić information content (AvgIpc) is 2.38. The molecule has 0 aliphatic carbocycles. The quantitative estimate of drug-likeness (QED) is 0.790. The molecule has 0 radical (unpaired) electrons. The summed E-state index contributed by atoms with van der Waals surface area (Å²) in [5, 5.41) is 0. The van der Waals surface area contributed by atoms with Crippen LogP contribution >= 0.6 is 0 Å². The van der Waals surface area contributed by atoms with E-state index >= 15 is 0 Å². The van der Waals surface area contributed by atoms with Crippen LogP contribution in [-0.2, 0) is 11.3 Å². The molecular weight excluding hydrogens is 248 g/mol. The van der Waals surface area contributed by atoms with Crippen molar-refractivity contribution in [2.24, 2.45) is 0 Å². The summed E-state index contributed by atoms with van der Waals surface area (Å²) in [7, 11) is 0. The third-order valence-corrected chi connectivity index (χ3v) is 3.58. The highest BCUT2D eigenvalue weighted by molar-refractivity contribution is 5.88. The summed E-state index contributed by atoms with van der Waals surface area (Å²) < 4.78 is 0. The highest BCUT2D eigenvalue weighted by atomic mass is 16.2. The molecule has 0 spiro atoms. The minimum Gasteiger partial charge on any atom is -0.337 e. The molecule has 0 bridgehead atoms. The Hall–Kier alpha value is -1.61. The van der Waals surface area contributed by atoms with Gasteiger partial charge >= 0.3 is 0 Å². The first kappa shape index (κ1) is 14.8. The second-order valence-electron chi connectivity index (χ2n) is 5.81. The van der Waals surface area contributed by atoms with Crippen LogP contribution in [0.15, 0.2) is 35.9 Å². The molecule has 2 rings (SSSR count). The standard InChI is InChI=1S/C17H24N2O/c1-14(2)11-17(20)19-9-7-18(8-10-19)13-16-6-4-5-15(3)12-16/h4-6,11-12H,7-10,13H2,1-3H3. The summed E-state index contributed by atoms with van der Waals surface area (Å²) in [4.78, 5) is 16.3. The molecule has 108 valence electrons. The zero-order chi connectivity index (χ0) is 14.5. The number of hydrogen-bond acceptors (Lipinski definition) is 2. The Morgan fingerprint density at radius 3 is 2.50 bits per heavy atom. The Kier molecular flexibility index (Phi) is 4.96. The van der Waals surface area contributed by atoms with Gasteiger partial charge in [-0.15, -0.1) is 0 Å². The van der Waals surface area contributed by atoms with Crippen LogP contribution in [0.1, 0.15) is 25.0 Å². The molecule has 1 aliphatic heterocycles. The second-order valence-corrected chi connectivity index (χ2v) is 5.81. The molecule has 3 nitrogen and oxygen atoms in total. The Morgan fingerprint density at radius 1 is 1.20 bits per heavy atom. The van der Waals surface area contributed by atoms with Crippen LogP contribution < -0.4 is 0 Å². The van der Waals surface area contributed by atoms with Gasteiger partial charge in [-0.05, 0) is 26.3 Å². The number of carbonyl (C=O) groups excluding carboxylic acids is 1. The smallest absolute Gasteiger partial charge is 0.246 e. The number of hydrogen-bond donors (Lipinski definition) is 0. The van der Waals surface area contributed by atoms with Gasteiger partial charge in [0, 0.05) is 38.8 Å². The van der Waals surface area contributed by atoms with Crippen LogP contribution in [0.4, 0.5) is 0 Å². The van der Waals surface area contributed by atoms with E-state index < -0.39 is 0 Å². The zero-order valence-corrected chi connectivity index (χ0v) is 12.7. The van der Waals surface area contributed by atoms with Crippen LogP contribution in [0, 0.1) is 6.92 Å². The van der Waals surface area contributed by atoms with Gasteiger partial charge in [-0.25, -0.2) is 0 Å². The second kappa shape index (κ2) is 6.71. The number of rotatable bonds is 3. The van der Waals surface area contributed by atoms with Crippen LogP contribution in [-0.4, -0.2) is 41.9 Å². The molecule has 1 aromatic carbocycles. The Morgan fingerprint density at radius 2 is 1.90 bits per heavy atom. The lowest BCUT2D eigenvalue weighted by Gasteiger charge is -2.34. The molecule has 1 fully saturated rings. The van der Waals surface area contributed by atoms with E-state index in [9.17, 15) is 4.79 Å². The van der Waals surface area contributed by atoms with E-state index in [1.54, 1.807) is 6.08 Å². The maximum atomic E-state index is 11.9. The number of piperazine rings is 1. The number of carbonyl (C=O) groups is 1. The van der Waals surface area contributed by atoms with Gasteiger partial charge < -0.3 is 4.90 Å². The third kappa shape index (κ3) is 4.20. The summed E-state index contributed by atoms with van der Waals surface area (Å²) in [5.41, 5.74) is 3.73. The van der Waals surface area contributed by atoms with Gasteiger partial charge in [0.2, 0.25) is 5.91 Å². The van der Waals surface area contributed by atoms with Crippen molar-refractivity contribution in [1.82, 2.24) is 9.80 Å². The zero-order valence-electron chi connectivity index (χ0n) is 12.7. The average molecular weight is 272 g/mol. The highest BCUT2D eigenvalue weighted by Gasteiger charge is 2.19. The maximum Gasteiger partial charge on any atom is 0.246 e. The lowest BCUT2D eigenvalue weighted by molar-refractivity contribution is -0.127. The van der Waals surface area contributed by atoms with Crippen molar-refractivity contribution in [2.45, 2.75) is 27.3 Å². The van der Waals surface area contributed by atoms with Gasteiger partial charge in [-0.2, -0.15) is 0 Å². The number of nitrogens with zero attached hydrogens (tertiary/aromatic N) is 2. The summed E-state index contributed by atoms with van der Waals surface area (Å²) >= 11 is 0. The first-order valence-electron chi connectivity index (χ1n) is 7.26. The van der Waals surface area contributed by atoms with Gasteiger partial charge in [0.25, 0.3) is 0 Å². The predicted molar refractivity (Wildman–Crippen MR) is 82.5 cm³/mol. The molecule has 1 aromatic rings. The molecule has 20 heavy (non-hydrogen) atoms. The summed E-state index contributed by atoms with van der Waals surface area (Å²) in [6, 6.07) is 8.65. The number of allylic oxidation sites excluding steroid dienone is 1. The molecule has 1 amide bonds. The maximum absolute atomic E-state index is 11.9. The summed E-state index contributed by atoms with van der Waals surface area (Å²) in [5.74, 6) is 0.153. The van der Waals surface area contributed by atoms with Crippen molar-refractivity contribution >= 4 is 5.91 Å². The lowest BCUT2D eigenvalue weighted by atomic mass is 10.1. The van der Waals surface area contributed by atoms with Gasteiger partial charge in [-0.3, -0.25) is 9.69 Å². The first-order chi connectivity index (χ1) is 9.54. The Bertz CT molecular complexity index is 495. The fourth-order valence-electron chi connectivity index (χ4n) is 2.53. The largest absolute Gasteiger partial charge is 0.337 e. The molecule has 0 saturated carbocycles. The first-order valence-corrected chi connectivity index (χ1v) is 7.26. The fraction of sp³-hybridized carbons (Fsp3) is 0.471. The minimum atomic E-state index is 0.153. The van der Waals surface area contributed by atoms with Gasteiger partial charge in [-0.1, -0.05) is 35.4 Å². The number of benzene rings is 1. The molecule has 0 N–H and O–H groups in total. The molecule has 0 unspecified atom stereocenters. The topological polar surface area (TPSA) is 23.6 Å². The fourth-order valence-corrected chi connectivity index (χ4v) is 2.53. The van der Waals surface area contributed by atoms with Gasteiger partial charge in [0.1, 0.15) is 0 Å². The summed E-state index contributed by atoms with van der Waals surface area (Å²) in [6.45, 7) is 10.6. The van der Waals surface area contributed by atoms with E-state index in [1.165, 1.54) is 11.1 Å². The van der Waals surface area contributed by atoms with Crippen molar-refractivity contribution in [1.29, 1.82) is 0 Å². The minimum absolute atomic E-state index is 0.153. The van der Waals surface area contributed by atoms with Crippen molar-refractivity contribution in [3.8, 4) is 0 Å². The SMILES string of the molecule is CC(C)=CC(=O)N1CCN(Cc2cccc(C)c2)CC1. The monoisotopic (exact) mass is 272 g/mol. The Balaban J connectivity index is 1.85. The van der Waals surface area contributed by atoms with Crippen molar-refractivity contribution < 1.29 is 4.79 Å². The molecule has 1 heterocycles. The van der Waals surface area contributed by atoms with Gasteiger partial charge in [0.05, 0.1) is 0 Å². The highest BCUT2D eigenvalue weighted by Crippen LogP contribution is 2.11. The predicted octanol–water partition coefficient (Wildman–Crippen LogP) is 2.61. The van der Waals surface area contributed by atoms with Crippen molar-refractivity contribution in [2.75, 3.05) is 26.2 Å². The Labute approximate surface area is 121 Å². The van der Waals surface area contributed by atoms with E-state index in [4.69, 9.17) is 0 Å². The van der Waals surface area contributed by atoms with Crippen LogP contribution in [0.2, 0.25) is 0 Å². The molecule has 3 heteroatoms. The van der Waals surface area contributed by atoms with Crippen LogP contribution in [0.5, 0.6) is 0 Å². The third-order valence-electron chi connectivity index (χ3n) is 3.58. The normalized spacial score (nSPS) is 16.1. The van der Waals surface area contributed by atoms with E-state index in [1.807, 2.05) is 18.7 Å². The van der Waals surface area contributed by atoms with Crippen LogP contribution in [0.3, 0.4) is 0 Å². The summed E-state index contributed by atoms with van der Waals surface area (Å²) in [6.07, 6.45) is 1.73. The van der Waals surface area contributed by atoms with E-state index in [-0.39, 0.29) is 5.91 Å².